The quantitative estimate of drug-likeness (QED) is 0.787. The topological polar surface area (TPSA) is 58.6 Å². The molecule has 1 aliphatic rings. The van der Waals surface area contributed by atoms with Crippen LogP contribution in [0, 0.1) is 5.92 Å². The molecule has 3 rings (SSSR count). The van der Waals surface area contributed by atoms with Crippen LogP contribution in [0.4, 0.5) is 14.5 Å². The molecule has 154 valence electrons. The maximum absolute atomic E-state index is 13.0. The van der Waals surface area contributed by atoms with Crippen LogP contribution in [0.1, 0.15) is 31.4 Å². The summed E-state index contributed by atoms with van der Waals surface area (Å²) in [7, 11) is 0. The van der Waals surface area contributed by atoms with Crippen molar-refractivity contribution in [3.63, 3.8) is 0 Å². The lowest BCUT2D eigenvalue weighted by atomic mass is 9.92. The van der Waals surface area contributed by atoms with E-state index in [1.54, 1.807) is 4.90 Å². The number of nitrogens with zero attached hydrogens (tertiary/aromatic N) is 1. The highest BCUT2D eigenvalue weighted by Crippen LogP contribution is 2.26. The zero-order chi connectivity index (χ0) is 21.0. The first-order chi connectivity index (χ1) is 13.8. The fraction of sp³-hybridized carbons (Fsp3) is 0.364. The van der Waals surface area contributed by atoms with Crippen LogP contribution >= 0.6 is 0 Å². The summed E-state index contributed by atoms with van der Waals surface area (Å²) in [6, 6.07) is 12.9. The third-order valence-electron chi connectivity index (χ3n) is 4.80. The van der Waals surface area contributed by atoms with Crippen molar-refractivity contribution in [2.45, 2.75) is 45.9 Å². The van der Waals surface area contributed by atoms with Gasteiger partial charge in [0.15, 0.2) is 0 Å². The van der Waals surface area contributed by atoms with E-state index < -0.39 is 12.7 Å². The molecule has 0 aromatic heterocycles. The van der Waals surface area contributed by atoms with Crippen molar-refractivity contribution < 1.29 is 23.1 Å². The molecule has 0 spiro atoms. The molecule has 1 unspecified atom stereocenters. The number of carbonyl (C=O) groups excluding carboxylic acids is 2. The van der Waals surface area contributed by atoms with Gasteiger partial charge in [-0.05, 0) is 41.3 Å². The van der Waals surface area contributed by atoms with Crippen molar-refractivity contribution in [1.82, 2.24) is 4.90 Å². The van der Waals surface area contributed by atoms with Crippen LogP contribution in [0.3, 0.4) is 0 Å². The van der Waals surface area contributed by atoms with Crippen LogP contribution in [0.25, 0.3) is 0 Å². The number of hydrogen-bond donors (Lipinski definition) is 1. The molecule has 1 heterocycles. The van der Waals surface area contributed by atoms with Gasteiger partial charge in [-0.15, -0.1) is 0 Å². The highest BCUT2D eigenvalue weighted by atomic mass is 19.3. The molecule has 1 atom stereocenters. The maximum Gasteiger partial charge on any atom is 0.387 e. The lowest BCUT2D eigenvalue weighted by Gasteiger charge is -2.36. The van der Waals surface area contributed by atoms with Gasteiger partial charge in [0.25, 0.3) is 0 Å². The van der Waals surface area contributed by atoms with E-state index in [1.165, 1.54) is 24.3 Å². The molecule has 2 aromatic rings. The van der Waals surface area contributed by atoms with Gasteiger partial charge in [0.2, 0.25) is 11.8 Å². The number of alkyl halides is 2. The van der Waals surface area contributed by atoms with E-state index in [4.69, 9.17) is 0 Å². The van der Waals surface area contributed by atoms with Crippen molar-refractivity contribution in [3.05, 3.63) is 59.7 Å². The number of fused-ring (bicyclic) bond motifs is 1. The Bertz CT molecular complexity index is 869. The Morgan fingerprint density at radius 3 is 2.38 bits per heavy atom. The number of ether oxygens (including phenoxy) is 1. The third kappa shape index (κ3) is 5.31. The molecule has 0 saturated carbocycles. The normalized spacial score (nSPS) is 15.9. The number of halogens is 2. The van der Waals surface area contributed by atoms with Crippen LogP contribution in [0.15, 0.2) is 48.5 Å². The van der Waals surface area contributed by atoms with E-state index >= 15 is 0 Å². The summed E-state index contributed by atoms with van der Waals surface area (Å²) in [5, 5.41) is 2.79. The number of nitrogens with one attached hydrogen (secondary N) is 1. The first kappa shape index (κ1) is 20.8. The highest BCUT2D eigenvalue weighted by Gasteiger charge is 2.34. The third-order valence-corrected chi connectivity index (χ3v) is 4.80. The second-order valence-electron chi connectivity index (χ2n) is 7.50. The summed E-state index contributed by atoms with van der Waals surface area (Å²) < 4.78 is 28.9. The molecular formula is C22H24F2N2O3. The van der Waals surface area contributed by atoms with Crippen LogP contribution in [-0.4, -0.2) is 29.4 Å². The van der Waals surface area contributed by atoms with Crippen molar-refractivity contribution in [2.24, 2.45) is 5.92 Å². The lowest BCUT2D eigenvalue weighted by molar-refractivity contribution is -0.140. The van der Waals surface area contributed by atoms with Crippen LogP contribution < -0.4 is 10.1 Å². The first-order valence-corrected chi connectivity index (χ1v) is 9.55. The summed E-state index contributed by atoms with van der Waals surface area (Å²) >= 11 is 0. The highest BCUT2D eigenvalue weighted by molar-refractivity contribution is 5.97. The maximum atomic E-state index is 13.0. The van der Waals surface area contributed by atoms with Gasteiger partial charge in [-0.25, -0.2) is 0 Å². The standard InChI is InChI=1S/C22H24F2N2O3/c1-14(2)11-20(27)26-13-16-6-4-3-5-15(16)12-19(26)21(28)25-17-7-9-18(10-8-17)29-22(23)24/h3-10,14,19,22H,11-13H2,1-2H3,(H,25,28). The molecule has 2 amide bonds. The second kappa shape index (κ2) is 9.03. The Balaban J connectivity index is 1.77. The summed E-state index contributed by atoms with van der Waals surface area (Å²) in [4.78, 5) is 27.4. The predicted molar refractivity (Wildman–Crippen MR) is 106 cm³/mol. The predicted octanol–water partition coefficient (Wildman–Crippen LogP) is 4.23. The number of carbonyl (C=O) groups is 2. The van der Waals surface area contributed by atoms with E-state index in [9.17, 15) is 18.4 Å². The Kier molecular flexibility index (Phi) is 6.46. The number of rotatable bonds is 6. The number of hydrogen-bond acceptors (Lipinski definition) is 3. The summed E-state index contributed by atoms with van der Waals surface area (Å²) in [5.41, 5.74) is 2.54. The van der Waals surface area contributed by atoms with Gasteiger partial charge in [0.05, 0.1) is 0 Å². The van der Waals surface area contributed by atoms with Gasteiger partial charge in [-0.1, -0.05) is 38.1 Å². The van der Waals surface area contributed by atoms with Crippen molar-refractivity contribution in [1.29, 1.82) is 0 Å². The Labute approximate surface area is 168 Å². The van der Waals surface area contributed by atoms with E-state index in [1.807, 2.05) is 38.1 Å². The van der Waals surface area contributed by atoms with Gasteiger partial charge in [-0.2, -0.15) is 8.78 Å². The molecule has 0 fully saturated rings. The average molecular weight is 402 g/mol. The van der Waals surface area contributed by atoms with Crippen LogP contribution in [-0.2, 0) is 22.6 Å². The fourth-order valence-corrected chi connectivity index (χ4v) is 3.43. The zero-order valence-corrected chi connectivity index (χ0v) is 16.4. The minimum atomic E-state index is -2.90. The van der Waals surface area contributed by atoms with Gasteiger partial charge in [0.1, 0.15) is 11.8 Å². The van der Waals surface area contributed by atoms with Gasteiger partial charge in [-0.3, -0.25) is 9.59 Å². The number of anilines is 1. The fourth-order valence-electron chi connectivity index (χ4n) is 3.43. The molecule has 29 heavy (non-hydrogen) atoms. The minimum Gasteiger partial charge on any atom is -0.435 e. The Hall–Kier alpha value is -2.96. The molecule has 7 heteroatoms. The van der Waals surface area contributed by atoms with Gasteiger partial charge in [0, 0.05) is 25.1 Å². The summed E-state index contributed by atoms with van der Waals surface area (Å²) in [6.07, 6.45) is 0.796. The smallest absolute Gasteiger partial charge is 0.387 e. The van der Waals surface area contributed by atoms with E-state index in [2.05, 4.69) is 10.1 Å². The van der Waals surface area contributed by atoms with Crippen LogP contribution in [0.5, 0.6) is 5.75 Å². The number of amides is 2. The zero-order valence-electron chi connectivity index (χ0n) is 16.4. The average Bonchev–Trinajstić information content (AvgIpc) is 2.67. The molecular weight excluding hydrogens is 378 g/mol. The SMILES string of the molecule is CC(C)CC(=O)N1Cc2ccccc2CC1C(=O)Nc1ccc(OC(F)F)cc1. The lowest BCUT2D eigenvalue weighted by Crippen LogP contribution is -2.50. The second-order valence-corrected chi connectivity index (χ2v) is 7.50. The monoisotopic (exact) mass is 402 g/mol. The largest absolute Gasteiger partial charge is 0.435 e. The Morgan fingerprint density at radius 2 is 1.76 bits per heavy atom. The molecule has 0 bridgehead atoms. The first-order valence-electron chi connectivity index (χ1n) is 9.55. The molecule has 1 aliphatic heterocycles. The molecule has 0 saturated heterocycles. The summed E-state index contributed by atoms with van der Waals surface area (Å²) in [6.45, 7) is 1.42. The van der Waals surface area contributed by atoms with E-state index in [0.717, 1.165) is 11.1 Å². The van der Waals surface area contributed by atoms with Crippen molar-refractivity contribution in [2.75, 3.05) is 5.32 Å². The molecule has 0 radical (unpaired) electrons. The molecule has 5 nitrogen and oxygen atoms in total. The summed E-state index contributed by atoms with van der Waals surface area (Å²) in [5.74, 6) is -0.168. The van der Waals surface area contributed by atoms with E-state index in [0.29, 0.717) is 25.1 Å². The molecule has 1 N–H and O–H groups in total. The van der Waals surface area contributed by atoms with Crippen molar-refractivity contribution >= 4 is 17.5 Å². The van der Waals surface area contributed by atoms with Crippen molar-refractivity contribution in [3.8, 4) is 5.75 Å². The van der Waals surface area contributed by atoms with Gasteiger partial charge < -0.3 is 15.0 Å². The van der Waals surface area contributed by atoms with Crippen LogP contribution in [0.2, 0.25) is 0 Å². The minimum absolute atomic E-state index is 0.0123. The molecule has 2 aromatic carbocycles. The number of benzene rings is 2. The van der Waals surface area contributed by atoms with E-state index in [-0.39, 0.29) is 23.5 Å². The van der Waals surface area contributed by atoms with Gasteiger partial charge >= 0.3 is 6.61 Å². The Morgan fingerprint density at radius 1 is 1.10 bits per heavy atom. The molecule has 0 aliphatic carbocycles.